The van der Waals surface area contributed by atoms with Crippen molar-refractivity contribution in [1.82, 2.24) is 5.32 Å². The second-order valence-electron chi connectivity index (χ2n) is 4.50. The molecule has 1 atom stereocenters. The predicted octanol–water partition coefficient (Wildman–Crippen LogP) is 3.80. The highest BCUT2D eigenvalue weighted by molar-refractivity contribution is 6.25. The molecule has 0 spiro atoms. The van der Waals surface area contributed by atoms with Crippen LogP contribution in [0.1, 0.15) is 36.9 Å². The third-order valence-corrected chi connectivity index (χ3v) is 3.52. The fraction of sp³-hybridized carbons (Fsp3) is 0.467. The van der Waals surface area contributed by atoms with E-state index >= 15 is 0 Å². The molecule has 0 saturated carbocycles. The van der Waals surface area contributed by atoms with Gasteiger partial charge in [-0.05, 0) is 49.1 Å². The van der Waals surface area contributed by atoms with E-state index in [2.05, 4.69) is 30.4 Å². The summed E-state index contributed by atoms with van der Waals surface area (Å²) in [6.45, 7) is 3.69. The Labute approximate surface area is 114 Å². The maximum atomic E-state index is 5.77. The van der Waals surface area contributed by atoms with E-state index in [1.54, 1.807) is 0 Å². The number of fused-ring (bicyclic) bond motifs is 1. The molecule has 18 heavy (non-hydrogen) atoms. The summed E-state index contributed by atoms with van der Waals surface area (Å²) in [7, 11) is 0. The molecule has 0 aromatic heterocycles. The van der Waals surface area contributed by atoms with Crippen molar-refractivity contribution in [2.75, 3.05) is 13.2 Å². The van der Waals surface area contributed by atoms with Crippen LogP contribution in [0.5, 0.6) is 5.75 Å². The quantitative estimate of drug-likeness (QED) is 0.874. The van der Waals surface area contributed by atoms with Crippen LogP contribution in [0.15, 0.2) is 29.8 Å². The zero-order chi connectivity index (χ0) is 12.8. The van der Waals surface area contributed by atoms with Gasteiger partial charge in [0.15, 0.2) is 0 Å². The van der Waals surface area contributed by atoms with Crippen LogP contribution in [0.4, 0.5) is 0 Å². The third kappa shape index (κ3) is 3.06. The van der Waals surface area contributed by atoms with Gasteiger partial charge in [-0.25, -0.2) is 0 Å². The Morgan fingerprint density at radius 3 is 3.17 bits per heavy atom. The standard InChI is InChI=1S/C15H20ClNO/c1-2-17-14-8-3-7-13-12(14)6-4-9-15(13)18-11-5-10-16/h4-6,9-10,14,17H,2-3,7-8,11H2,1H3. The monoisotopic (exact) mass is 265 g/mol. The van der Waals surface area contributed by atoms with Gasteiger partial charge in [0.1, 0.15) is 12.4 Å². The van der Waals surface area contributed by atoms with Gasteiger partial charge in [0.25, 0.3) is 0 Å². The topological polar surface area (TPSA) is 21.3 Å². The number of benzene rings is 1. The van der Waals surface area contributed by atoms with E-state index in [4.69, 9.17) is 16.3 Å². The van der Waals surface area contributed by atoms with Gasteiger partial charge in [-0.2, -0.15) is 0 Å². The van der Waals surface area contributed by atoms with Crippen molar-refractivity contribution in [2.24, 2.45) is 0 Å². The first-order chi connectivity index (χ1) is 8.86. The Hall–Kier alpha value is -0.990. The minimum Gasteiger partial charge on any atom is -0.489 e. The van der Waals surface area contributed by atoms with Crippen LogP contribution in [0.2, 0.25) is 0 Å². The fourth-order valence-corrected chi connectivity index (χ4v) is 2.66. The van der Waals surface area contributed by atoms with Crippen molar-refractivity contribution >= 4 is 11.6 Å². The minimum atomic E-state index is 0.478. The highest BCUT2D eigenvalue weighted by Gasteiger charge is 2.21. The smallest absolute Gasteiger partial charge is 0.123 e. The van der Waals surface area contributed by atoms with Crippen LogP contribution in [0.3, 0.4) is 0 Å². The lowest BCUT2D eigenvalue weighted by atomic mass is 9.87. The molecule has 0 radical (unpaired) electrons. The zero-order valence-electron chi connectivity index (χ0n) is 10.8. The van der Waals surface area contributed by atoms with Crippen LogP contribution in [0, 0.1) is 0 Å². The molecule has 0 heterocycles. The van der Waals surface area contributed by atoms with E-state index < -0.39 is 0 Å². The largest absolute Gasteiger partial charge is 0.489 e. The maximum absolute atomic E-state index is 5.77. The summed E-state index contributed by atoms with van der Waals surface area (Å²) < 4.78 is 5.77. The van der Waals surface area contributed by atoms with Crippen LogP contribution in [0.25, 0.3) is 0 Å². The molecule has 2 rings (SSSR count). The van der Waals surface area contributed by atoms with Gasteiger partial charge in [0.05, 0.1) is 0 Å². The van der Waals surface area contributed by atoms with Gasteiger partial charge in [0, 0.05) is 11.6 Å². The first-order valence-corrected chi connectivity index (χ1v) is 7.03. The van der Waals surface area contributed by atoms with E-state index in [0.717, 1.165) is 18.7 Å². The molecular weight excluding hydrogens is 246 g/mol. The molecule has 0 amide bonds. The Balaban J connectivity index is 2.20. The second-order valence-corrected chi connectivity index (χ2v) is 4.75. The normalized spacial score (nSPS) is 18.9. The van der Waals surface area contributed by atoms with Gasteiger partial charge in [-0.1, -0.05) is 30.7 Å². The highest BCUT2D eigenvalue weighted by Crippen LogP contribution is 2.35. The van der Waals surface area contributed by atoms with Gasteiger partial charge in [-0.3, -0.25) is 0 Å². The van der Waals surface area contributed by atoms with E-state index in [0.29, 0.717) is 12.6 Å². The molecule has 1 aromatic rings. The van der Waals surface area contributed by atoms with Crippen molar-refractivity contribution in [3.05, 3.63) is 40.9 Å². The molecule has 1 aliphatic rings. The molecule has 0 fully saturated rings. The molecule has 1 aliphatic carbocycles. The van der Waals surface area contributed by atoms with E-state index in [1.165, 1.54) is 29.5 Å². The van der Waals surface area contributed by atoms with E-state index in [9.17, 15) is 0 Å². The SMILES string of the molecule is CCNC1CCCc2c(OCC=CCl)cccc21. The number of nitrogens with one attached hydrogen (secondary N) is 1. The molecule has 0 aliphatic heterocycles. The molecule has 1 unspecified atom stereocenters. The van der Waals surface area contributed by atoms with E-state index in [1.807, 2.05) is 6.08 Å². The molecule has 1 aromatic carbocycles. The first kappa shape index (κ1) is 13.4. The van der Waals surface area contributed by atoms with E-state index in [-0.39, 0.29) is 0 Å². The zero-order valence-corrected chi connectivity index (χ0v) is 11.5. The maximum Gasteiger partial charge on any atom is 0.123 e. The summed E-state index contributed by atoms with van der Waals surface area (Å²) in [6.07, 6.45) is 5.35. The average Bonchev–Trinajstić information content (AvgIpc) is 2.40. The highest BCUT2D eigenvalue weighted by atomic mass is 35.5. The second kappa shape index (κ2) is 6.81. The third-order valence-electron chi connectivity index (χ3n) is 3.34. The number of rotatable bonds is 5. The average molecular weight is 266 g/mol. The van der Waals surface area contributed by atoms with Crippen LogP contribution in [-0.4, -0.2) is 13.2 Å². The van der Waals surface area contributed by atoms with Gasteiger partial charge in [-0.15, -0.1) is 0 Å². The fourth-order valence-electron chi connectivity index (χ4n) is 2.58. The van der Waals surface area contributed by atoms with Gasteiger partial charge in [0.2, 0.25) is 0 Å². The lowest BCUT2D eigenvalue weighted by molar-refractivity contribution is 0.352. The summed E-state index contributed by atoms with van der Waals surface area (Å²) >= 11 is 5.51. The molecule has 0 saturated heterocycles. The number of ether oxygens (including phenoxy) is 1. The van der Waals surface area contributed by atoms with Crippen molar-refractivity contribution in [3.63, 3.8) is 0 Å². The first-order valence-electron chi connectivity index (χ1n) is 6.60. The van der Waals surface area contributed by atoms with Crippen LogP contribution in [-0.2, 0) is 6.42 Å². The van der Waals surface area contributed by atoms with Gasteiger partial charge < -0.3 is 10.1 Å². The number of hydrogen-bond acceptors (Lipinski definition) is 2. The summed E-state index contributed by atoms with van der Waals surface area (Å²) in [5.41, 5.74) is 4.25. The molecule has 3 heteroatoms. The summed E-state index contributed by atoms with van der Waals surface area (Å²) in [5, 5.41) is 3.54. The lowest BCUT2D eigenvalue weighted by Crippen LogP contribution is -2.25. The number of halogens is 1. The Morgan fingerprint density at radius 1 is 1.50 bits per heavy atom. The van der Waals surface area contributed by atoms with Crippen molar-refractivity contribution in [2.45, 2.75) is 32.2 Å². The Kier molecular flexibility index (Phi) is 5.09. The van der Waals surface area contributed by atoms with Gasteiger partial charge >= 0.3 is 0 Å². The summed E-state index contributed by atoms with van der Waals surface area (Å²) in [5.74, 6) is 1.00. The lowest BCUT2D eigenvalue weighted by Gasteiger charge is -2.27. The van der Waals surface area contributed by atoms with Crippen molar-refractivity contribution in [3.8, 4) is 5.75 Å². The molecule has 1 N–H and O–H groups in total. The van der Waals surface area contributed by atoms with Crippen molar-refractivity contribution in [1.29, 1.82) is 0 Å². The molecule has 0 bridgehead atoms. The molecular formula is C15H20ClNO. The van der Waals surface area contributed by atoms with Crippen LogP contribution < -0.4 is 10.1 Å². The van der Waals surface area contributed by atoms with Crippen LogP contribution >= 0.6 is 11.6 Å². The predicted molar refractivity (Wildman–Crippen MR) is 76.3 cm³/mol. The minimum absolute atomic E-state index is 0.478. The van der Waals surface area contributed by atoms with Crippen molar-refractivity contribution < 1.29 is 4.74 Å². The number of hydrogen-bond donors (Lipinski definition) is 1. The molecule has 98 valence electrons. The summed E-state index contributed by atoms with van der Waals surface area (Å²) in [6, 6.07) is 6.82. The Bertz CT molecular complexity index is 417. The molecule has 2 nitrogen and oxygen atoms in total. The Morgan fingerprint density at radius 2 is 2.39 bits per heavy atom. The summed E-state index contributed by atoms with van der Waals surface area (Å²) in [4.78, 5) is 0.